The van der Waals surface area contributed by atoms with Gasteiger partial charge in [0.15, 0.2) is 0 Å². The number of aliphatic hydroxyl groups excluding tert-OH is 1. The number of carbonyl (C=O) groups is 2. The van der Waals surface area contributed by atoms with Crippen LogP contribution in [0.2, 0.25) is 0 Å². The van der Waals surface area contributed by atoms with Crippen LogP contribution in [-0.4, -0.2) is 83.6 Å². The first-order valence-electron chi connectivity index (χ1n) is 13.3. The summed E-state index contributed by atoms with van der Waals surface area (Å²) in [5.74, 6) is -0.351. The van der Waals surface area contributed by atoms with Crippen LogP contribution in [0, 0.1) is 11.7 Å². The summed E-state index contributed by atoms with van der Waals surface area (Å²) in [4.78, 5) is 30.6. The van der Waals surface area contributed by atoms with Gasteiger partial charge in [-0.05, 0) is 54.4 Å². The topological polar surface area (TPSA) is 73.3 Å². The number of ether oxygens (including phenoxy) is 1. The number of hydrogen-bond donors (Lipinski definition) is 1. The molecule has 3 aliphatic rings. The van der Waals surface area contributed by atoms with Crippen molar-refractivity contribution >= 4 is 11.8 Å². The Morgan fingerprint density at radius 3 is 2.59 bits per heavy atom. The highest BCUT2D eigenvalue weighted by molar-refractivity contribution is 5.97. The highest BCUT2D eigenvalue weighted by Gasteiger charge is 2.31. The molecule has 0 aliphatic carbocycles. The van der Waals surface area contributed by atoms with E-state index in [0.717, 1.165) is 32.4 Å². The molecule has 1 saturated heterocycles. The first kappa shape index (κ1) is 25.7. The van der Waals surface area contributed by atoms with Crippen molar-refractivity contribution in [1.82, 2.24) is 14.7 Å². The van der Waals surface area contributed by atoms with Crippen LogP contribution in [0.1, 0.15) is 46.8 Å². The molecule has 2 aromatic rings. The number of β-amino-alcohol motifs (C(OH)–C–C–N with tert-alkyl or cyclic N) is 1. The van der Waals surface area contributed by atoms with E-state index in [2.05, 4.69) is 23.1 Å². The number of likely N-dealkylation sites (tertiary alicyclic amines) is 1. The molecule has 0 aromatic heterocycles. The molecule has 0 saturated carbocycles. The summed E-state index contributed by atoms with van der Waals surface area (Å²) in [5.41, 5.74) is 3.10. The maximum Gasteiger partial charge on any atom is 0.260 e. The van der Waals surface area contributed by atoms with Gasteiger partial charge in [-0.25, -0.2) is 4.39 Å². The van der Waals surface area contributed by atoms with Crippen LogP contribution in [0.15, 0.2) is 36.4 Å². The first-order chi connectivity index (χ1) is 17.9. The first-order valence-corrected chi connectivity index (χ1v) is 13.3. The molecule has 8 heteroatoms. The van der Waals surface area contributed by atoms with Gasteiger partial charge in [-0.1, -0.05) is 30.3 Å². The number of carbonyl (C=O) groups excluding carboxylic acids is 2. The van der Waals surface area contributed by atoms with E-state index < -0.39 is 17.8 Å². The number of piperidine rings is 1. The van der Waals surface area contributed by atoms with Crippen LogP contribution in [0.5, 0.6) is 5.75 Å². The summed E-state index contributed by atoms with van der Waals surface area (Å²) >= 11 is 0. The molecule has 1 N–H and O–H groups in total. The fraction of sp³-hybridized carbons (Fsp3) is 0.517. The smallest absolute Gasteiger partial charge is 0.260 e. The Labute approximate surface area is 217 Å². The van der Waals surface area contributed by atoms with Crippen molar-refractivity contribution < 1.29 is 23.8 Å². The van der Waals surface area contributed by atoms with E-state index in [1.54, 1.807) is 19.1 Å². The molecule has 0 unspecified atom stereocenters. The molecule has 0 radical (unpaired) electrons. The number of fused-ring (bicyclic) bond motifs is 2. The van der Waals surface area contributed by atoms with Crippen LogP contribution in [0.3, 0.4) is 0 Å². The summed E-state index contributed by atoms with van der Waals surface area (Å²) in [6, 6.07) is 11.8. The lowest BCUT2D eigenvalue weighted by Gasteiger charge is -2.32. The normalized spacial score (nSPS) is 19.6. The average molecular weight is 510 g/mol. The predicted octanol–water partition coefficient (Wildman–Crippen LogP) is 2.88. The summed E-state index contributed by atoms with van der Waals surface area (Å²) in [7, 11) is 0. The van der Waals surface area contributed by atoms with Crippen LogP contribution in [0.4, 0.5) is 4.39 Å². The number of amides is 2. The highest BCUT2D eigenvalue weighted by atomic mass is 19.1. The van der Waals surface area contributed by atoms with Gasteiger partial charge in [0.25, 0.3) is 5.91 Å². The van der Waals surface area contributed by atoms with Crippen molar-refractivity contribution in [2.24, 2.45) is 5.92 Å². The molecule has 2 amide bonds. The third-order valence-corrected chi connectivity index (χ3v) is 7.98. The standard InChI is InChI=1S/C29H36FN3O4/c1-20(34)32-12-8-21(9-13-32)16-23-6-7-26-27(28(23)30)29(36)33(14-15-37-26)19-25(35)18-31-11-10-22-4-2-3-5-24(22)17-31/h2-7,21,25,35H,8-19H2,1H3/t25-/m1/s1. The van der Waals surface area contributed by atoms with E-state index >= 15 is 4.39 Å². The summed E-state index contributed by atoms with van der Waals surface area (Å²) < 4.78 is 21.5. The largest absolute Gasteiger partial charge is 0.491 e. The zero-order chi connectivity index (χ0) is 25.9. The summed E-state index contributed by atoms with van der Waals surface area (Å²) in [6.07, 6.45) is 2.36. The lowest BCUT2D eigenvalue weighted by molar-refractivity contribution is -0.130. The maximum atomic E-state index is 15.7. The van der Waals surface area contributed by atoms with Crippen molar-refractivity contribution in [2.75, 3.05) is 45.9 Å². The van der Waals surface area contributed by atoms with Crippen molar-refractivity contribution in [2.45, 2.75) is 45.3 Å². The SMILES string of the molecule is CC(=O)N1CCC(Cc2ccc3c(c2F)C(=O)N(C[C@H](O)CN2CCc4ccccc4C2)CCO3)CC1. The number of nitrogens with zero attached hydrogens (tertiary/aromatic N) is 3. The zero-order valence-corrected chi connectivity index (χ0v) is 21.5. The molecule has 2 aromatic carbocycles. The van der Waals surface area contributed by atoms with Crippen LogP contribution < -0.4 is 4.74 Å². The second kappa shape index (κ2) is 11.2. The predicted molar refractivity (Wildman–Crippen MR) is 138 cm³/mol. The number of aliphatic hydroxyl groups is 1. The van der Waals surface area contributed by atoms with Crippen LogP contribution in [-0.2, 0) is 24.2 Å². The monoisotopic (exact) mass is 509 g/mol. The van der Waals surface area contributed by atoms with Gasteiger partial charge < -0.3 is 19.6 Å². The fourth-order valence-corrected chi connectivity index (χ4v) is 5.86. The summed E-state index contributed by atoms with van der Waals surface area (Å²) in [6.45, 7) is 5.71. The third-order valence-electron chi connectivity index (χ3n) is 7.98. The van der Waals surface area contributed by atoms with Crippen LogP contribution in [0.25, 0.3) is 0 Å². The molecular formula is C29H36FN3O4. The van der Waals surface area contributed by atoms with Gasteiger partial charge in [0.05, 0.1) is 12.6 Å². The Balaban J connectivity index is 1.23. The molecule has 0 bridgehead atoms. The van der Waals surface area contributed by atoms with Gasteiger partial charge in [-0.3, -0.25) is 14.5 Å². The molecule has 0 spiro atoms. The maximum absolute atomic E-state index is 15.7. The Kier molecular flexibility index (Phi) is 7.76. The minimum Gasteiger partial charge on any atom is -0.491 e. The third kappa shape index (κ3) is 5.80. The molecule has 37 heavy (non-hydrogen) atoms. The lowest BCUT2D eigenvalue weighted by atomic mass is 9.89. The minimum atomic E-state index is -0.742. The van der Waals surface area contributed by atoms with Crippen molar-refractivity contribution in [3.05, 3.63) is 64.5 Å². The van der Waals surface area contributed by atoms with Gasteiger partial charge in [0.2, 0.25) is 5.91 Å². The van der Waals surface area contributed by atoms with Gasteiger partial charge in [-0.2, -0.15) is 0 Å². The Morgan fingerprint density at radius 1 is 1.08 bits per heavy atom. The van der Waals surface area contributed by atoms with E-state index in [1.165, 1.54) is 16.0 Å². The molecule has 5 rings (SSSR count). The number of hydrogen-bond acceptors (Lipinski definition) is 5. The summed E-state index contributed by atoms with van der Waals surface area (Å²) in [5, 5.41) is 10.9. The second-order valence-corrected chi connectivity index (χ2v) is 10.6. The molecule has 1 fully saturated rings. The Bertz CT molecular complexity index is 1150. The second-order valence-electron chi connectivity index (χ2n) is 10.6. The van der Waals surface area contributed by atoms with Crippen molar-refractivity contribution in [1.29, 1.82) is 0 Å². The van der Waals surface area contributed by atoms with Gasteiger partial charge in [-0.15, -0.1) is 0 Å². The van der Waals surface area contributed by atoms with Gasteiger partial charge in [0, 0.05) is 46.2 Å². The van der Waals surface area contributed by atoms with E-state index in [-0.39, 0.29) is 36.3 Å². The zero-order valence-electron chi connectivity index (χ0n) is 21.5. The van der Waals surface area contributed by atoms with Gasteiger partial charge >= 0.3 is 0 Å². The molecule has 3 aliphatic heterocycles. The molecule has 1 atom stereocenters. The lowest BCUT2D eigenvalue weighted by Crippen LogP contribution is -2.44. The highest BCUT2D eigenvalue weighted by Crippen LogP contribution is 2.31. The number of benzene rings is 2. The van der Waals surface area contributed by atoms with Crippen LogP contribution >= 0.6 is 0 Å². The minimum absolute atomic E-state index is 0.0322. The number of halogens is 1. The van der Waals surface area contributed by atoms with E-state index in [4.69, 9.17) is 4.74 Å². The molecular weight excluding hydrogens is 473 g/mol. The Hall–Kier alpha value is -2.97. The van der Waals surface area contributed by atoms with E-state index in [9.17, 15) is 14.7 Å². The molecule has 198 valence electrons. The van der Waals surface area contributed by atoms with Gasteiger partial charge in [0.1, 0.15) is 23.7 Å². The molecule has 7 nitrogen and oxygen atoms in total. The van der Waals surface area contributed by atoms with E-state index in [0.29, 0.717) is 38.2 Å². The Morgan fingerprint density at radius 2 is 1.84 bits per heavy atom. The van der Waals surface area contributed by atoms with Crippen molar-refractivity contribution in [3.8, 4) is 5.75 Å². The molecule has 3 heterocycles. The van der Waals surface area contributed by atoms with Crippen molar-refractivity contribution in [3.63, 3.8) is 0 Å². The number of rotatable bonds is 6. The van der Waals surface area contributed by atoms with E-state index in [1.807, 2.05) is 11.0 Å². The fourth-order valence-electron chi connectivity index (χ4n) is 5.86. The quantitative estimate of drug-likeness (QED) is 0.649. The average Bonchev–Trinajstić information content (AvgIpc) is 3.04.